The third kappa shape index (κ3) is 10.3. The van der Waals surface area contributed by atoms with Crippen molar-refractivity contribution in [3.63, 3.8) is 0 Å². The molecule has 210 valence electrons. The Balaban J connectivity index is 2.59. The quantitative estimate of drug-likeness (QED) is 0.133. The van der Waals surface area contributed by atoms with Crippen LogP contribution in [0, 0.1) is 7.14 Å². The minimum atomic E-state index is -0.168. The van der Waals surface area contributed by atoms with Gasteiger partial charge in [-0.15, -0.1) is 0 Å². The molecule has 0 amide bonds. The number of hydrogen-bond acceptors (Lipinski definition) is 0. The van der Waals surface area contributed by atoms with Crippen molar-refractivity contribution in [3.05, 3.63) is 64.8 Å². The Morgan fingerprint density at radius 2 is 0.676 bits per heavy atom. The maximum absolute atomic E-state index is 2.58. The van der Waals surface area contributed by atoms with E-state index in [9.17, 15) is 0 Å². The Kier molecular flexibility index (Phi) is 16.9. The van der Waals surface area contributed by atoms with E-state index in [1.165, 1.54) is 116 Å². The second kappa shape index (κ2) is 19.3. The maximum atomic E-state index is 2.58. The van der Waals surface area contributed by atoms with Crippen molar-refractivity contribution in [2.45, 2.75) is 157 Å². The van der Waals surface area contributed by atoms with Crippen LogP contribution >= 0.6 is 0 Å². The first kappa shape index (κ1) is 32.4. The zero-order chi connectivity index (χ0) is 26.9. The Bertz CT molecular complexity index is 821. The SMILES string of the molecule is CCCCc1ccc([I-]c2ccc(CCCC)c(CCCC)c2CCCC)c(CCCC)c1CCCC. The van der Waals surface area contributed by atoms with E-state index in [2.05, 4.69) is 65.8 Å². The van der Waals surface area contributed by atoms with E-state index < -0.39 is 0 Å². The Hall–Kier alpha value is -0.830. The van der Waals surface area contributed by atoms with Gasteiger partial charge in [-0.3, -0.25) is 0 Å². The summed E-state index contributed by atoms with van der Waals surface area (Å²) in [6, 6.07) is 10.3. The summed E-state index contributed by atoms with van der Waals surface area (Å²) < 4.78 is 3.47. The van der Waals surface area contributed by atoms with Crippen LogP contribution < -0.4 is 21.2 Å². The summed E-state index contributed by atoms with van der Waals surface area (Å²) in [6.07, 6.45) is 23.4. The van der Waals surface area contributed by atoms with Crippen LogP contribution in [0.5, 0.6) is 0 Å². The van der Waals surface area contributed by atoms with Gasteiger partial charge >= 0.3 is 243 Å². The van der Waals surface area contributed by atoms with Gasteiger partial charge in [-0.25, -0.2) is 0 Å². The Morgan fingerprint density at radius 1 is 0.378 bits per heavy atom. The van der Waals surface area contributed by atoms with Gasteiger partial charge in [-0.05, 0) is 0 Å². The van der Waals surface area contributed by atoms with Gasteiger partial charge in [0, 0.05) is 0 Å². The molecule has 0 atom stereocenters. The number of aryl methyl sites for hydroxylation is 2. The summed E-state index contributed by atoms with van der Waals surface area (Å²) in [5.74, 6) is 0. The zero-order valence-corrected chi connectivity index (χ0v) is 27.6. The summed E-state index contributed by atoms with van der Waals surface area (Å²) in [6.45, 7) is 14.1. The predicted octanol–water partition coefficient (Wildman–Crippen LogP) is 7.87. The van der Waals surface area contributed by atoms with Crippen LogP contribution in [-0.4, -0.2) is 0 Å². The topological polar surface area (TPSA) is 0 Å². The fourth-order valence-corrected chi connectivity index (χ4v) is 8.68. The molecule has 0 aromatic heterocycles. The third-order valence-electron chi connectivity index (χ3n) is 7.87. The van der Waals surface area contributed by atoms with Gasteiger partial charge < -0.3 is 0 Å². The van der Waals surface area contributed by atoms with Crippen LogP contribution in [0.4, 0.5) is 0 Å². The first-order chi connectivity index (χ1) is 18.1. The van der Waals surface area contributed by atoms with Crippen molar-refractivity contribution >= 4 is 0 Å². The van der Waals surface area contributed by atoms with Crippen molar-refractivity contribution in [2.75, 3.05) is 0 Å². The summed E-state index contributed by atoms with van der Waals surface area (Å²) >= 11 is -0.168. The molecule has 0 nitrogen and oxygen atoms in total. The van der Waals surface area contributed by atoms with Crippen LogP contribution in [0.2, 0.25) is 0 Å². The van der Waals surface area contributed by atoms with E-state index in [4.69, 9.17) is 0 Å². The molecule has 0 fully saturated rings. The molecule has 2 aromatic rings. The molecular weight excluding hydrogens is 559 g/mol. The molecule has 0 saturated heterocycles. The van der Waals surface area contributed by atoms with E-state index in [0.717, 1.165) is 0 Å². The predicted molar refractivity (Wildman–Crippen MR) is 162 cm³/mol. The first-order valence-electron chi connectivity index (χ1n) is 16.1. The molecule has 0 aliphatic heterocycles. The second-order valence-corrected chi connectivity index (χ2v) is 13.9. The summed E-state index contributed by atoms with van der Waals surface area (Å²) in [7, 11) is 0. The van der Waals surface area contributed by atoms with Gasteiger partial charge in [-0.2, -0.15) is 0 Å². The van der Waals surface area contributed by atoms with Crippen molar-refractivity contribution in [3.8, 4) is 0 Å². The number of hydrogen-bond donors (Lipinski definition) is 0. The van der Waals surface area contributed by atoms with Gasteiger partial charge in [0.05, 0.1) is 0 Å². The first-order valence-corrected chi connectivity index (χ1v) is 18.2. The van der Waals surface area contributed by atoms with Crippen LogP contribution in [-0.2, 0) is 38.5 Å². The number of unbranched alkanes of at least 4 members (excludes halogenated alkanes) is 6. The molecule has 0 unspecified atom stereocenters. The van der Waals surface area contributed by atoms with E-state index in [1.54, 1.807) is 40.5 Å². The average molecular weight is 618 g/mol. The van der Waals surface area contributed by atoms with Crippen molar-refractivity contribution in [1.82, 2.24) is 0 Å². The van der Waals surface area contributed by atoms with Gasteiger partial charge in [-0.1, -0.05) is 0 Å². The third-order valence-corrected chi connectivity index (χ3v) is 11.0. The van der Waals surface area contributed by atoms with Crippen molar-refractivity contribution < 1.29 is 21.2 Å². The minimum absolute atomic E-state index is 0.168. The Labute approximate surface area is 242 Å². The van der Waals surface area contributed by atoms with E-state index in [-0.39, 0.29) is 21.2 Å². The second-order valence-electron chi connectivity index (χ2n) is 11.0. The molecule has 0 heterocycles. The fraction of sp³-hybridized carbons (Fsp3) is 0.667. The molecule has 0 radical (unpaired) electrons. The summed E-state index contributed by atoms with van der Waals surface area (Å²) in [5, 5.41) is 0. The van der Waals surface area contributed by atoms with Crippen LogP contribution in [0.15, 0.2) is 24.3 Å². The van der Waals surface area contributed by atoms with Crippen molar-refractivity contribution in [2.24, 2.45) is 0 Å². The molecule has 2 rings (SSSR count). The Morgan fingerprint density at radius 3 is 1.00 bits per heavy atom. The molecular formula is C36H58I-. The van der Waals surface area contributed by atoms with Crippen LogP contribution in [0.1, 0.15) is 152 Å². The molecule has 37 heavy (non-hydrogen) atoms. The summed E-state index contributed by atoms with van der Waals surface area (Å²) in [4.78, 5) is 0. The molecule has 2 aromatic carbocycles. The van der Waals surface area contributed by atoms with E-state index >= 15 is 0 Å². The molecule has 0 spiro atoms. The van der Waals surface area contributed by atoms with Gasteiger partial charge in [0.2, 0.25) is 0 Å². The molecule has 0 N–H and O–H groups in total. The fourth-order valence-electron chi connectivity index (χ4n) is 5.49. The van der Waals surface area contributed by atoms with E-state index in [0.29, 0.717) is 0 Å². The normalized spacial score (nSPS) is 11.5. The number of rotatable bonds is 20. The average Bonchev–Trinajstić information content (AvgIpc) is 2.92. The summed E-state index contributed by atoms with van der Waals surface area (Å²) in [5.41, 5.74) is 10.4. The van der Waals surface area contributed by atoms with Crippen LogP contribution in [0.3, 0.4) is 0 Å². The molecule has 0 bridgehead atoms. The monoisotopic (exact) mass is 617 g/mol. The number of benzene rings is 2. The van der Waals surface area contributed by atoms with Crippen LogP contribution in [0.25, 0.3) is 0 Å². The molecule has 0 aliphatic carbocycles. The zero-order valence-electron chi connectivity index (χ0n) is 25.4. The molecule has 0 aliphatic rings. The molecule has 0 saturated carbocycles. The standard InChI is InChI=1S/C36H58I/c1-7-13-19-29-25-27-35(33(23-17-11-5)31(29)21-15-9-3)37-36-28-26-30(20-14-8-2)32(22-16-10-4)34(36)24-18-12-6/h25-28H,7-24H2,1-6H3/q-1. The van der Waals surface area contributed by atoms with Crippen molar-refractivity contribution in [1.29, 1.82) is 0 Å². The van der Waals surface area contributed by atoms with Gasteiger partial charge in [0.25, 0.3) is 0 Å². The van der Waals surface area contributed by atoms with Gasteiger partial charge in [0.1, 0.15) is 0 Å². The van der Waals surface area contributed by atoms with Gasteiger partial charge in [0.15, 0.2) is 0 Å². The molecule has 1 heteroatoms. The number of halogens is 1. The van der Waals surface area contributed by atoms with E-state index in [1.807, 2.05) is 0 Å².